The summed E-state index contributed by atoms with van der Waals surface area (Å²) in [7, 11) is 0. The fourth-order valence-corrected chi connectivity index (χ4v) is 10.1. The van der Waals surface area contributed by atoms with Gasteiger partial charge in [0.1, 0.15) is 0 Å². The molecular weight excluding hydrogens is 709 g/mol. The zero-order chi connectivity index (χ0) is 37.5. The molecule has 266 valence electrons. The van der Waals surface area contributed by atoms with E-state index in [4.69, 9.17) is 0 Å². The van der Waals surface area contributed by atoms with Crippen LogP contribution in [0.4, 0.5) is 0 Å². The molecule has 0 saturated carbocycles. The maximum absolute atomic E-state index is 2.44. The topological polar surface area (TPSA) is 9.86 Å². The molecule has 0 N–H and O–H groups in total. The van der Waals surface area contributed by atoms with Gasteiger partial charge < -0.3 is 9.13 Å². The van der Waals surface area contributed by atoms with Gasteiger partial charge in [-0.15, -0.1) is 11.3 Å². The van der Waals surface area contributed by atoms with E-state index in [1.807, 2.05) is 11.3 Å². The SMILES string of the molecule is c1ccc(-c2ccc(-n3c4ccc(-c5ccccc5)cc4c4cc(-c5ccc6c(c5)c5ccccc5n6-c5ccc6sc7ccccc7c6c5)ccc43)cc2)cc1. The van der Waals surface area contributed by atoms with Crippen molar-refractivity contribution in [1.29, 1.82) is 0 Å². The van der Waals surface area contributed by atoms with Crippen molar-refractivity contribution in [3.8, 4) is 44.8 Å². The Balaban J connectivity index is 1.03. The number of hydrogen-bond donors (Lipinski definition) is 0. The van der Waals surface area contributed by atoms with E-state index < -0.39 is 0 Å². The van der Waals surface area contributed by atoms with Crippen LogP contribution in [0.1, 0.15) is 0 Å². The highest BCUT2D eigenvalue weighted by Gasteiger charge is 2.18. The molecule has 3 heterocycles. The van der Waals surface area contributed by atoms with Gasteiger partial charge in [0.15, 0.2) is 0 Å². The summed E-state index contributed by atoms with van der Waals surface area (Å²) in [4.78, 5) is 0. The summed E-state index contributed by atoms with van der Waals surface area (Å²) < 4.78 is 7.50. The third-order valence-electron chi connectivity index (χ3n) is 11.7. The molecule has 0 bridgehead atoms. The summed E-state index contributed by atoms with van der Waals surface area (Å²) in [6, 6.07) is 75.7. The minimum atomic E-state index is 1.15. The second kappa shape index (κ2) is 12.7. The summed E-state index contributed by atoms with van der Waals surface area (Å²) in [5.74, 6) is 0. The summed E-state index contributed by atoms with van der Waals surface area (Å²) in [5.41, 5.74) is 14.4. The van der Waals surface area contributed by atoms with Gasteiger partial charge in [-0.2, -0.15) is 0 Å². The van der Waals surface area contributed by atoms with Crippen molar-refractivity contribution in [3.63, 3.8) is 0 Å². The van der Waals surface area contributed by atoms with Crippen molar-refractivity contribution >= 4 is 75.1 Å². The summed E-state index contributed by atoms with van der Waals surface area (Å²) in [6.45, 7) is 0. The Bertz CT molecular complexity index is 3490. The summed E-state index contributed by atoms with van der Waals surface area (Å²) in [6.07, 6.45) is 0. The van der Waals surface area contributed by atoms with Crippen LogP contribution in [0.15, 0.2) is 206 Å². The highest BCUT2D eigenvalue weighted by atomic mass is 32.1. The molecule has 3 aromatic heterocycles. The van der Waals surface area contributed by atoms with Crippen molar-refractivity contribution in [3.05, 3.63) is 206 Å². The Kier molecular flexibility index (Phi) is 7.13. The number of fused-ring (bicyclic) bond motifs is 9. The van der Waals surface area contributed by atoms with E-state index in [2.05, 4.69) is 215 Å². The number of nitrogens with zero attached hydrogens (tertiary/aromatic N) is 2. The molecule has 2 nitrogen and oxygen atoms in total. The van der Waals surface area contributed by atoms with Crippen LogP contribution in [0.3, 0.4) is 0 Å². The predicted octanol–water partition coefficient (Wildman–Crippen LogP) is 15.2. The first-order valence-corrected chi connectivity index (χ1v) is 20.3. The van der Waals surface area contributed by atoms with E-state index in [9.17, 15) is 0 Å². The third-order valence-corrected chi connectivity index (χ3v) is 12.9. The molecule has 0 unspecified atom stereocenters. The smallest absolute Gasteiger partial charge is 0.0541 e. The first-order chi connectivity index (χ1) is 28.2. The molecule has 0 spiro atoms. The average molecular weight is 743 g/mol. The quantitative estimate of drug-likeness (QED) is 0.166. The molecule has 0 aliphatic carbocycles. The average Bonchev–Trinajstić information content (AvgIpc) is 3.93. The van der Waals surface area contributed by atoms with E-state index in [1.165, 1.54) is 103 Å². The van der Waals surface area contributed by atoms with Gasteiger partial charge in [0.05, 0.1) is 22.1 Å². The molecular formula is C54H34N2S. The van der Waals surface area contributed by atoms with E-state index in [-0.39, 0.29) is 0 Å². The molecule has 0 aliphatic rings. The monoisotopic (exact) mass is 742 g/mol. The van der Waals surface area contributed by atoms with E-state index in [1.54, 1.807) is 0 Å². The lowest BCUT2D eigenvalue weighted by Gasteiger charge is -2.10. The molecule has 9 aromatic carbocycles. The molecule has 3 heteroatoms. The highest BCUT2D eigenvalue weighted by Crippen LogP contribution is 2.41. The fraction of sp³-hybridized carbons (Fsp3) is 0. The molecule has 12 aromatic rings. The Morgan fingerprint density at radius 1 is 0.246 bits per heavy atom. The lowest BCUT2D eigenvalue weighted by molar-refractivity contribution is 1.18. The van der Waals surface area contributed by atoms with Crippen molar-refractivity contribution in [2.75, 3.05) is 0 Å². The standard InChI is InChI=1S/C54H34N2S/c1-3-11-35(12-4-1)37-19-24-41(25-20-37)55-51-27-21-38(36-13-5-2-6-14-36)31-46(51)47-33-40(23-29-52(47)55)39-22-28-50-45(32-39)43-15-7-9-17-49(43)56(50)42-26-30-54-48(34-42)44-16-8-10-18-53(44)57-54/h1-34H. The van der Waals surface area contributed by atoms with Gasteiger partial charge in [-0.1, -0.05) is 127 Å². The van der Waals surface area contributed by atoms with Crippen LogP contribution >= 0.6 is 11.3 Å². The minimum Gasteiger partial charge on any atom is -0.309 e. The van der Waals surface area contributed by atoms with Crippen molar-refractivity contribution < 1.29 is 0 Å². The van der Waals surface area contributed by atoms with Crippen LogP contribution in [0.5, 0.6) is 0 Å². The van der Waals surface area contributed by atoms with Gasteiger partial charge in [0.2, 0.25) is 0 Å². The summed E-state index contributed by atoms with van der Waals surface area (Å²) >= 11 is 1.86. The van der Waals surface area contributed by atoms with Gasteiger partial charge in [-0.25, -0.2) is 0 Å². The molecule has 0 atom stereocenters. The molecule has 0 aliphatic heterocycles. The van der Waals surface area contributed by atoms with Gasteiger partial charge in [0.25, 0.3) is 0 Å². The van der Waals surface area contributed by atoms with Gasteiger partial charge in [-0.05, 0) is 112 Å². The number of benzene rings is 9. The van der Waals surface area contributed by atoms with Crippen LogP contribution in [0, 0.1) is 0 Å². The number of aromatic nitrogens is 2. The molecule has 0 radical (unpaired) electrons. The molecule has 0 fully saturated rings. The molecule has 0 saturated heterocycles. The highest BCUT2D eigenvalue weighted by molar-refractivity contribution is 7.25. The first-order valence-electron chi connectivity index (χ1n) is 19.5. The molecule has 12 rings (SSSR count). The van der Waals surface area contributed by atoms with Crippen molar-refractivity contribution in [2.45, 2.75) is 0 Å². The fourth-order valence-electron chi connectivity index (χ4n) is 9.01. The number of hydrogen-bond acceptors (Lipinski definition) is 1. The zero-order valence-corrected chi connectivity index (χ0v) is 31.7. The van der Waals surface area contributed by atoms with Crippen LogP contribution in [0.25, 0.3) is 109 Å². The number of para-hydroxylation sites is 1. The maximum Gasteiger partial charge on any atom is 0.0541 e. The second-order valence-electron chi connectivity index (χ2n) is 14.9. The van der Waals surface area contributed by atoms with E-state index in [0.717, 1.165) is 5.69 Å². The predicted molar refractivity (Wildman–Crippen MR) is 244 cm³/mol. The lowest BCUT2D eigenvalue weighted by Crippen LogP contribution is -1.94. The number of thiophene rings is 1. The van der Waals surface area contributed by atoms with Gasteiger partial charge in [-0.3, -0.25) is 0 Å². The van der Waals surface area contributed by atoms with Gasteiger partial charge >= 0.3 is 0 Å². The number of rotatable bonds is 5. The minimum absolute atomic E-state index is 1.15. The maximum atomic E-state index is 2.44. The normalized spacial score (nSPS) is 11.9. The largest absolute Gasteiger partial charge is 0.309 e. The molecule has 0 amide bonds. The van der Waals surface area contributed by atoms with Crippen LogP contribution in [-0.4, -0.2) is 9.13 Å². The lowest BCUT2D eigenvalue weighted by atomic mass is 9.99. The van der Waals surface area contributed by atoms with Crippen molar-refractivity contribution in [1.82, 2.24) is 9.13 Å². The Hall–Kier alpha value is -7.20. The molecule has 57 heavy (non-hydrogen) atoms. The van der Waals surface area contributed by atoms with Crippen molar-refractivity contribution in [2.24, 2.45) is 0 Å². The van der Waals surface area contributed by atoms with E-state index >= 15 is 0 Å². The van der Waals surface area contributed by atoms with Crippen LogP contribution in [-0.2, 0) is 0 Å². The third kappa shape index (κ3) is 5.10. The Morgan fingerprint density at radius 2 is 0.667 bits per heavy atom. The Labute approximate surface area is 333 Å². The van der Waals surface area contributed by atoms with Crippen LogP contribution in [0.2, 0.25) is 0 Å². The van der Waals surface area contributed by atoms with Gasteiger partial charge in [0, 0.05) is 53.1 Å². The Morgan fingerprint density at radius 3 is 1.32 bits per heavy atom. The van der Waals surface area contributed by atoms with Crippen LogP contribution < -0.4 is 0 Å². The van der Waals surface area contributed by atoms with E-state index in [0.29, 0.717) is 0 Å². The zero-order valence-electron chi connectivity index (χ0n) is 30.9. The second-order valence-corrected chi connectivity index (χ2v) is 16.0. The first kappa shape index (κ1) is 32.1. The summed E-state index contributed by atoms with van der Waals surface area (Å²) in [5, 5.41) is 7.63.